The molecule has 4 nitrogen and oxygen atoms in total. The van der Waals surface area contributed by atoms with Crippen LogP contribution in [-0.2, 0) is 4.79 Å². The number of anilines is 1. The van der Waals surface area contributed by atoms with Crippen LogP contribution >= 0.6 is 15.9 Å². The van der Waals surface area contributed by atoms with Crippen LogP contribution in [-0.4, -0.2) is 17.6 Å². The molecule has 0 aromatic heterocycles. The van der Waals surface area contributed by atoms with Crippen molar-refractivity contribution in [3.63, 3.8) is 0 Å². The summed E-state index contributed by atoms with van der Waals surface area (Å²) in [7, 11) is 0. The van der Waals surface area contributed by atoms with Crippen LogP contribution in [0.15, 0.2) is 16.6 Å². The maximum atomic E-state index is 12.0. The van der Waals surface area contributed by atoms with Crippen molar-refractivity contribution in [2.24, 2.45) is 0 Å². The predicted molar refractivity (Wildman–Crippen MR) is 81.3 cm³/mol. The molecule has 0 radical (unpaired) electrons. The van der Waals surface area contributed by atoms with E-state index in [-0.39, 0.29) is 11.4 Å². The van der Waals surface area contributed by atoms with Gasteiger partial charge in [0.25, 0.3) is 5.91 Å². The van der Waals surface area contributed by atoms with E-state index in [1.807, 2.05) is 33.8 Å². The lowest BCUT2D eigenvalue weighted by molar-refractivity contribution is -0.128. The summed E-state index contributed by atoms with van der Waals surface area (Å²) in [5.41, 5.74) is 7.04. The van der Waals surface area contributed by atoms with Crippen LogP contribution in [0.1, 0.15) is 33.3 Å². The lowest BCUT2D eigenvalue weighted by Gasteiger charge is -2.24. The average molecular weight is 329 g/mol. The molecule has 3 N–H and O–H groups in total. The van der Waals surface area contributed by atoms with Crippen molar-refractivity contribution in [2.45, 2.75) is 46.3 Å². The molecule has 106 valence electrons. The van der Waals surface area contributed by atoms with E-state index in [0.29, 0.717) is 11.4 Å². The maximum absolute atomic E-state index is 12.0. The van der Waals surface area contributed by atoms with Crippen molar-refractivity contribution >= 4 is 27.5 Å². The number of hydrogen-bond donors (Lipinski definition) is 2. The van der Waals surface area contributed by atoms with Crippen molar-refractivity contribution in [1.29, 1.82) is 0 Å². The van der Waals surface area contributed by atoms with E-state index in [2.05, 4.69) is 21.2 Å². The molecule has 5 heteroatoms. The molecule has 19 heavy (non-hydrogen) atoms. The number of hydrogen-bond acceptors (Lipinski definition) is 3. The second-order valence-electron chi connectivity index (χ2n) is 5.64. The predicted octanol–water partition coefficient (Wildman–Crippen LogP) is 3.02. The van der Waals surface area contributed by atoms with Crippen LogP contribution in [0.25, 0.3) is 0 Å². The lowest BCUT2D eigenvalue weighted by atomic mass is 10.1. The summed E-state index contributed by atoms with van der Waals surface area (Å²) in [6.07, 6.45) is -0.596. The lowest BCUT2D eigenvalue weighted by Crippen LogP contribution is -2.46. The van der Waals surface area contributed by atoms with Gasteiger partial charge in [-0.25, -0.2) is 0 Å². The number of nitrogen functional groups attached to an aromatic ring is 1. The molecule has 0 saturated carbocycles. The maximum Gasteiger partial charge on any atom is 0.261 e. The van der Waals surface area contributed by atoms with Crippen molar-refractivity contribution in [2.75, 3.05) is 5.73 Å². The Morgan fingerprint density at radius 2 is 2.00 bits per heavy atom. The zero-order valence-corrected chi connectivity index (χ0v) is 13.6. The molecular formula is C14H21BrN2O2. The monoisotopic (exact) mass is 328 g/mol. The van der Waals surface area contributed by atoms with Gasteiger partial charge in [-0.05, 0) is 52.3 Å². The fourth-order valence-corrected chi connectivity index (χ4v) is 2.21. The van der Waals surface area contributed by atoms with E-state index in [4.69, 9.17) is 10.5 Å². The molecule has 1 amide bonds. The number of benzene rings is 1. The number of carbonyl (C=O) groups excluding carboxylic acids is 1. The van der Waals surface area contributed by atoms with Crippen LogP contribution in [0, 0.1) is 6.92 Å². The molecule has 1 unspecified atom stereocenters. The van der Waals surface area contributed by atoms with E-state index >= 15 is 0 Å². The molecule has 0 aliphatic carbocycles. The minimum Gasteiger partial charge on any atom is -0.478 e. The first kappa shape index (κ1) is 15.8. The minimum absolute atomic E-state index is 0.158. The van der Waals surface area contributed by atoms with Crippen LogP contribution in [0.3, 0.4) is 0 Å². The second kappa shape index (κ2) is 5.82. The standard InChI is InChI=1S/C14H21BrN2O2/c1-8-6-10(15)7-11(16)12(8)19-9(2)13(18)17-14(3,4)5/h6-7,9H,16H2,1-5H3,(H,17,18). The highest BCUT2D eigenvalue weighted by Gasteiger charge is 2.21. The Kier molecular flexibility index (Phi) is 4.85. The van der Waals surface area contributed by atoms with Crippen LogP contribution in [0.2, 0.25) is 0 Å². The Balaban J connectivity index is 2.83. The molecule has 1 aromatic rings. The second-order valence-corrected chi connectivity index (χ2v) is 6.56. The SMILES string of the molecule is Cc1cc(Br)cc(N)c1OC(C)C(=O)NC(C)(C)C. The van der Waals surface area contributed by atoms with Gasteiger partial charge in [-0.1, -0.05) is 15.9 Å². The van der Waals surface area contributed by atoms with Crippen molar-refractivity contribution in [3.8, 4) is 5.75 Å². The molecule has 0 fully saturated rings. The molecule has 0 spiro atoms. The number of aryl methyl sites for hydroxylation is 1. The molecule has 1 atom stereocenters. The van der Waals surface area contributed by atoms with E-state index in [9.17, 15) is 4.79 Å². The summed E-state index contributed by atoms with van der Waals surface area (Å²) in [5, 5.41) is 2.88. The summed E-state index contributed by atoms with van der Waals surface area (Å²) in [5.74, 6) is 0.397. The van der Waals surface area contributed by atoms with Gasteiger partial charge in [0, 0.05) is 10.0 Å². The number of nitrogens with two attached hydrogens (primary N) is 1. The fraction of sp³-hybridized carbons (Fsp3) is 0.500. The third kappa shape index (κ3) is 4.74. The Hall–Kier alpha value is -1.23. The largest absolute Gasteiger partial charge is 0.478 e. The number of halogens is 1. The first-order valence-electron chi connectivity index (χ1n) is 6.14. The topological polar surface area (TPSA) is 64.3 Å². The van der Waals surface area contributed by atoms with Gasteiger partial charge in [0.05, 0.1) is 5.69 Å². The highest BCUT2D eigenvalue weighted by atomic mass is 79.9. The number of amides is 1. The Bertz CT molecular complexity index is 458. The quantitative estimate of drug-likeness (QED) is 0.838. The average Bonchev–Trinajstić information content (AvgIpc) is 2.20. The highest BCUT2D eigenvalue weighted by molar-refractivity contribution is 9.10. The van der Waals surface area contributed by atoms with Gasteiger partial charge in [-0.2, -0.15) is 0 Å². The zero-order chi connectivity index (χ0) is 14.8. The Morgan fingerprint density at radius 1 is 1.42 bits per heavy atom. The molecule has 0 aliphatic heterocycles. The van der Waals surface area contributed by atoms with Crippen LogP contribution < -0.4 is 15.8 Å². The summed E-state index contributed by atoms with van der Waals surface area (Å²) in [6, 6.07) is 3.66. The Labute approximate surface area is 122 Å². The van der Waals surface area contributed by atoms with Crippen molar-refractivity contribution in [3.05, 3.63) is 22.2 Å². The summed E-state index contributed by atoms with van der Waals surface area (Å²) < 4.78 is 6.57. The molecule has 1 rings (SSSR count). The molecule has 0 aliphatic rings. The van der Waals surface area contributed by atoms with Gasteiger partial charge in [0.1, 0.15) is 5.75 Å². The third-order valence-electron chi connectivity index (χ3n) is 2.43. The molecule has 0 bridgehead atoms. The van der Waals surface area contributed by atoms with Crippen LogP contribution in [0.5, 0.6) is 5.75 Å². The minimum atomic E-state index is -0.596. The number of nitrogens with one attached hydrogen (secondary N) is 1. The summed E-state index contributed by atoms with van der Waals surface area (Å²) in [4.78, 5) is 12.0. The number of rotatable bonds is 3. The van der Waals surface area contributed by atoms with Gasteiger partial charge in [-0.15, -0.1) is 0 Å². The van der Waals surface area contributed by atoms with Gasteiger partial charge < -0.3 is 15.8 Å². The summed E-state index contributed by atoms with van der Waals surface area (Å²) >= 11 is 3.37. The van der Waals surface area contributed by atoms with Gasteiger partial charge >= 0.3 is 0 Å². The fourth-order valence-electron chi connectivity index (χ4n) is 1.62. The first-order chi connectivity index (χ1) is 8.60. The normalized spacial score (nSPS) is 12.9. The van der Waals surface area contributed by atoms with E-state index in [1.165, 1.54) is 0 Å². The van der Waals surface area contributed by atoms with E-state index in [1.54, 1.807) is 13.0 Å². The van der Waals surface area contributed by atoms with E-state index < -0.39 is 6.10 Å². The van der Waals surface area contributed by atoms with Gasteiger partial charge in [-0.3, -0.25) is 4.79 Å². The smallest absolute Gasteiger partial charge is 0.261 e. The summed E-state index contributed by atoms with van der Waals surface area (Å²) in [6.45, 7) is 9.39. The number of ether oxygens (including phenoxy) is 1. The highest BCUT2D eigenvalue weighted by Crippen LogP contribution is 2.30. The molecular weight excluding hydrogens is 308 g/mol. The van der Waals surface area contributed by atoms with Crippen molar-refractivity contribution < 1.29 is 9.53 Å². The van der Waals surface area contributed by atoms with Crippen LogP contribution in [0.4, 0.5) is 5.69 Å². The Morgan fingerprint density at radius 3 is 2.47 bits per heavy atom. The number of carbonyl (C=O) groups is 1. The van der Waals surface area contributed by atoms with Gasteiger partial charge in [0.15, 0.2) is 6.10 Å². The first-order valence-corrected chi connectivity index (χ1v) is 6.94. The van der Waals surface area contributed by atoms with Crippen molar-refractivity contribution in [1.82, 2.24) is 5.32 Å². The molecule has 1 aromatic carbocycles. The van der Waals surface area contributed by atoms with Gasteiger partial charge in [0.2, 0.25) is 0 Å². The third-order valence-corrected chi connectivity index (χ3v) is 2.89. The zero-order valence-electron chi connectivity index (χ0n) is 12.0. The molecule has 0 saturated heterocycles. The van der Waals surface area contributed by atoms with E-state index in [0.717, 1.165) is 10.0 Å². The molecule has 0 heterocycles.